The third kappa shape index (κ3) is 2.68. The molecule has 1 aliphatic rings. The Bertz CT molecular complexity index is 1080. The second kappa shape index (κ2) is 5.56. The number of nitrogens with zero attached hydrogens (tertiary/aromatic N) is 1. The number of hydrogen-bond acceptors (Lipinski definition) is 5. The van der Waals surface area contributed by atoms with Crippen molar-refractivity contribution in [3.05, 3.63) is 53.9 Å². The molecule has 1 aromatic heterocycles. The molecule has 2 aromatic carbocycles. The van der Waals surface area contributed by atoms with Crippen LogP contribution in [0.1, 0.15) is 37.1 Å². The van der Waals surface area contributed by atoms with E-state index in [0.29, 0.717) is 5.89 Å². The Morgan fingerprint density at radius 3 is 2.42 bits per heavy atom. The van der Waals surface area contributed by atoms with E-state index in [9.17, 15) is 8.42 Å². The monoisotopic (exact) mass is 372 g/mol. The van der Waals surface area contributed by atoms with E-state index in [1.807, 2.05) is 30.3 Å². The van der Waals surface area contributed by atoms with E-state index < -0.39 is 10.0 Å². The van der Waals surface area contributed by atoms with E-state index in [2.05, 4.69) is 18.8 Å². The largest absolute Gasteiger partial charge is 0.497 e. The summed E-state index contributed by atoms with van der Waals surface area (Å²) in [5, 5.41) is 5.17. The number of primary sulfonamides is 1. The molecule has 2 N–H and O–H groups in total. The van der Waals surface area contributed by atoms with E-state index in [1.165, 1.54) is 0 Å². The van der Waals surface area contributed by atoms with E-state index in [4.69, 9.17) is 14.3 Å². The van der Waals surface area contributed by atoms with Crippen LogP contribution in [-0.2, 0) is 10.0 Å². The van der Waals surface area contributed by atoms with Gasteiger partial charge >= 0.3 is 0 Å². The fourth-order valence-corrected chi connectivity index (χ4v) is 4.29. The Morgan fingerprint density at radius 1 is 1.12 bits per heavy atom. The molecule has 1 aliphatic carbocycles. The first-order chi connectivity index (χ1) is 12.2. The number of methoxy groups -OCH3 is 1. The number of hydrogen-bond donors (Lipinski definition) is 1. The molecule has 0 aliphatic heterocycles. The van der Waals surface area contributed by atoms with Crippen LogP contribution in [0.4, 0.5) is 0 Å². The van der Waals surface area contributed by atoms with Crippen molar-refractivity contribution in [3.8, 4) is 5.75 Å². The summed E-state index contributed by atoms with van der Waals surface area (Å²) >= 11 is 0. The average Bonchev–Trinajstić information content (AvgIpc) is 2.96. The quantitative estimate of drug-likeness (QED) is 0.757. The number of sulfonamides is 1. The van der Waals surface area contributed by atoms with Crippen LogP contribution in [0.3, 0.4) is 0 Å². The third-order valence-electron chi connectivity index (χ3n) is 5.27. The fourth-order valence-electron chi connectivity index (χ4n) is 3.77. The Labute approximate surface area is 152 Å². The maximum Gasteiger partial charge on any atom is 0.238 e. The van der Waals surface area contributed by atoms with Crippen LogP contribution >= 0.6 is 0 Å². The van der Waals surface area contributed by atoms with Crippen LogP contribution in [0.25, 0.3) is 11.1 Å². The Morgan fingerprint density at radius 2 is 1.81 bits per heavy atom. The van der Waals surface area contributed by atoms with Gasteiger partial charge in [0, 0.05) is 17.9 Å². The lowest BCUT2D eigenvalue weighted by atomic mass is 10.0. The SMILES string of the molecule is COc1ccc2oc([C@@H]3[C@@H](c4ccc(S(N)(=O)=O)cc4)C3(C)C)nc2c1. The van der Waals surface area contributed by atoms with Crippen LogP contribution in [0, 0.1) is 5.41 Å². The predicted octanol–water partition coefficient (Wildman–Crippen LogP) is 3.39. The minimum absolute atomic E-state index is 0.0337. The molecule has 0 radical (unpaired) electrons. The maximum atomic E-state index is 11.4. The first-order valence-corrected chi connectivity index (χ1v) is 9.83. The predicted molar refractivity (Wildman–Crippen MR) is 97.6 cm³/mol. The topological polar surface area (TPSA) is 95.4 Å². The number of aromatic nitrogens is 1. The summed E-state index contributed by atoms with van der Waals surface area (Å²) in [6.45, 7) is 4.32. The van der Waals surface area contributed by atoms with Crippen LogP contribution in [0.15, 0.2) is 51.8 Å². The van der Waals surface area contributed by atoms with Crippen LogP contribution < -0.4 is 9.88 Å². The van der Waals surface area contributed by atoms with Crippen molar-refractivity contribution in [2.75, 3.05) is 7.11 Å². The fraction of sp³-hybridized carbons (Fsp3) is 0.316. The minimum Gasteiger partial charge on any atom is -0.497 e. The molecule has 0 spiro atoms. The van der Waals surface area contributed by atoms with Gasteiger partial charge in [0.25, 0.3) is 0 Å². The highest BCUT2D eigenvalue weighted by Gasteiger charge is 2.61. The number of nitrogens with two attached hydrogens (primary N) is 1. The summed E-state index contributed by atoms with van der Waals surface area (Å²) in [5.74, 6) is 1.76. The molecule has 0 saturated heterocycles. The number of oxazole rings is 1. The van der Waals surface area contributed by atoms with Gasteiger partial charge in [-0.2, -0.15) is 0 Å². The highest BCUT2D eigenvalue weighted by atomic mass is 32.2. The van der Waals surface area contributed by atoms with Gasteiger partial charge in [0.15, 0.2) is 11.5 Å². The summed E-state index contributed by atoms with van der Waals surface area (Å²) in [7, 11) is -2.07. The van der Waals surface area contributed by atoms with E-state index in [0.717, 1.165) is 22.4 Å². The van der Waals surface area contributed by atoms with Gasteiger partial charge in [0.05, 0.1) is 12.0 Å². The van der Waals surface area contributed by atoms with Crippen molar-refractivity contribution >= 4 is 21.1 Å². The van der Waals surface area contributed by atoms with Gasteiger partial charge in [-0.1, -0.05) is 26.0 Å². The van der Waals surface area contributed by atoms with Gasteiger partial charge in [-0.25, -0.2) is 18.5 Å². The first kappa shape index (κ1) is 17.1. The zero-order chi connectivity index (χ0) is 18.7. The summed E-state index contributed by atoms with van der Waals surface area (Å²) in [5.41, 5.74) is 2.51. The van der Waals surface area contributed by atoms with Gasteiger partial charge in [0.1, 0.15) is 11.3 Å². The molecular weight excluding hydrogens is 352 g/mol. The smallest absolute Gasteiger partial charge is 0.238 e. The molecule has 0 unspecified atom stereocenters. The Balaban J connectivity index is 1.68. The molecule has 0 bridgehead atoms. The van der Waals surface area contributed by atoms with Crippen LogP contribution in [-0.4, -0.2) is 20.5 Å². The zero-order valence-electron chi connectivity index (χ0n) is 14.8. The molecule has 7 heteroatoms. The second-order valence-corrected chi connectivity index (χ2v) is 8.84. The average molecular weight is 372 g/mol. The van der Waals surface area contributed by atoms with Gasteiger partial charge in [-0.3, -0.25) is 0 Å². The Hall–Kier alpha value is -2.38. The highest BCUT2D eigenvalue weighted by Crippen LogP contribution is 2.69. The second-order valence-electron chi connectivity index (χ2n) is 7.28. The lowest BCUT2D eigenvalue weighted by molar-refractivity contribution is 0.415. The lowest BCUT2D eigenvalue weighted by Gasteiger charge is -2.04. The molecule has 1 heterocycles. The molecule has 2 atom stereocenters. The molecule has 1 fully saturated rings. The molecule has 0 amide bonds. The molecule has 1 saturated carbocycles. The van der Waals surface area contributed by atoms with Crippen molar-refractivity contribution in [2.24, 2.45) is 10.6 Å². The molecule has 3 aromatic rings. The molecule has 4 rings (SSSR count). The maximum absolute atomic E-state index is 11.4. The Kier molecular flexibility index (Phi) is 3.65. The van der Waals surface area contributed by atoms with Crippen molar-refractivity contribution in [2.45, 2.75) is 30.6 Å². The summed E-state index contributed by atoms with van der Waals surface area (Å²) < 4.78 is 34.1. The van der Waals surface area contributed by atoms with Crippen LogP contribution in [0.2, 0.25) is 0 Å². The molecular formula is C19H20N2O4S. The molecule has 6 nitrogen and oxygen atoms in total. The summed E-state index contributed by atoms with van der Waals surface area (Å²) in [6, 6.07) is 12.3. The minimum atomic E-state index is -3.69. The zero-order valence-corrected chi connectivity index (χ0v) is 15.6. The summed E-state index contributed by atoms with van der Waals surface area (Å²) in [4.78, 5) is 4.76. The highest BCUT2D eigenvalue weighted by molar-refractivity contribution is 7.89. The van der Waals surface area contributed by atoms with E-state index in [1.54, 1.807) is 19.2 Å². The van der Waals surface area contributed by atoms with Crippen molar-refractivity contribution in [1.82, 2.24) is 4.98 Å². The van der Waals surface area contributed by atoms with Gasteiger partial charge in [-0.05, 0) is 35.2 Å². The van der Waals surface area contributed by atoms with Gasteiger partial charge in [0.2, 0.25) is 10.0 Å². The lowest BCUT2D eigenvalue weighted by Crippen LogP contribution is -2.11. The standard InChI is InChI=1S/C19H20N2O4S/c1-19(2)16(11-4-7-13(8-5-11)26(20,22)23)17(19)18-21-14-10-12(24-3)6-9-15(14)25-18/h4-10,16-17H,1-3H3,(H2,20,22,23)/t16-,17+/m1/s1. The number of ether oxygens (including phenoxy) is 1. The number of rotatable bonds is 4. The number of fused-ring (bicyclic) bond motifs is 1. The van der Waals surface area contributed by atoms with Gasteiger partial charge in [-0.15, -0.1) is 0 Å². The van der Waals surface area contributed by atoms with E-state index in [-0.39, 0.29) is 22.1 Å². The van der Waals surface area contributed by atoms with Crippen LogP contribution in [0.5, 0.6) is 5.75 Å². The van der Waals surface area contributed by atoms with Gasteiger partial charge < -0.3 is 9.15 Å². The first-order valence-electron chi connectivity index (χ1n) is 8.29. The normalized spacial score (nSPS) is 21.7. The van der Waals surface area contributed by atoms with Crippen molar-refractivity contribution in [1.29, 1.82) is 0 Å². The van der Waals surface area contributed by atoms with Crippen molar-refractivity contribution in [3.63, 3.8) is 0 Å². The molecule has 26 heavy (non-hydrogen) atoms. The number of benzene rings is 2. The van der Waals surface area contributed by atoms with E-state index >= 15 is 0 Å². The molecule has 136 valence electrons. The summed E-state index contributed by atoms with van der Waals surface area (Å²) in [6.07, 6.45) is 0. The van der Waals surface area contributed by atoms with Crippen molar-refractivity contribution < 1.29 is 17.6 Å². The third-order valence-corrected chi connectivity index (χ3v) is 6.20.